The summed E-state index contributed by atoms with van der Waals surface area (Å²) in [5.41, 5.74) is 5.36. The fraction of sp³-hybridized carbons (Fsp3) is 0.421. The van der Waals surface area contributed by atoms with E-state index in [0.29, 0.717) is 5.92 Å². The summed E-state index contributed by atoms with van der Waals surface area (Å²) in [6.07, 6.45) is 6.26. The van der Waals surface area contributed by atoms with Gasteiger partial charge in [-0.15, -0.1) is 0 Å². The summed E-state index contributed by atoms with van der Waals surface area (Å²) in [6.45, 7) is 7.63. The van der Waals surface area contributed by atoms with Crippen LogP contribution in [-0.2, 0) is 6.54 Å². The van der Waals surface area contributed by atoms with Crippen molar-refractivity contribution in [3.05, 3.63) is 53.2 Å². The minimum absolute atomic E-state index is 0.532. The minimum atomic E-state index is 0.532. The van der Waals surface area contributed by atoms with Gasteiger partial charge in [0, 0.05) is 42.5 Å². The topological polar surface area (TPSA) is 47.7 Å². The highest BCUT2D eigenvalue weighted by Crippen LogP contribution is 2.28. The SMILES string of the molecule is Cc1[nH]c2c(CN3CCCC(c4ncc[nH]4)C3)cccc2c1C. The van der Waals surface area contributed by atoms with Crippen LogP contribution in [0, 0.1) is 13.8 Å². The van der Waals surface area contributed by atoms with E-state index in [9.17, 15) is 0 Å². The van der Waals surface area contributed by atoms with E-state index < -0.39 is 0 Å². The summed E-state index contributed by atoms with van der Waals surface area (Å²) in [7, 11) is 0. The summed E-state index contributed by atoms with van der Waals surface area (Å²) in [5, 5.41) is 1.36. The molecule has 1 aromatic carbocycles. The van der Waals surface area contributed by atoms with Crippen LogP contribution in [0.4, 0.5) is 0 Å². The molecule has 4 nitrogen and oxygen atoms in total. The van der Waals surface area contributed by atoms with Crippen molar-refractivity contribution in [1.82, 2.24) is 19.9 Å². The van der Waals surface area contributed by atoms with Crippen molar-refractivity contribution < 1.29 is 0 Å². The Kier molecular flexibility index (Phi) is 3.69. The van der Waals surface area contributed by atoms with E-state index in [-0.39, 0.29) is 0 Å². The first-order valence-corrected chi connectivity index (χ1v) is 8.51. The van der Waals surface area contributed by atoms with Crippen LogP contribution >= 0.6 is 0 Å². The van der Waals surface area contributed by atoms with Crippen LogP contribution in [0.25, 0.3) is 10.9 Å². The molecule has 0 spiro atoms. The van der Waals surface area contributed by atoms with Gasteiger partial charge < -0.3 is 9.97 Å². The Labute approximate surface area is 136 Å². The van der Waals surface area contributed by atoms with Gasteiger partial charge in [0.05, 0.1) is 5.52 Å². The second-order valence-corrected chi connectivity index (χ2v) is 6.76. The molecule has 0 aliphatic carbocycles. The lowest BCUT2D eigenvalue weighted by atomic mass is 9.96. The van der Waals surface area contributed by atoms with Crippen LogP contribution in [0.2, 0.25) is 0 Å². The molecule has 1 aliphatic rings. The summed E-state index contributed by atoms with van der Waals surface area (Å²) in [4.78, 5) is 13.9. The van der Waals surface area contributed by atoms with Crippen molar-refractivity contribution in [2.45, 2.75) is 39.2 Å². The normalized spacial score (nSPS) is 19.5. The smallest absolute Gasteiger partial charge is 0.110 e. The van der Waals surface area contributed by atoms with E-state index in [2.05, 4.69) is 51.9 Å². The quantitative estimate of drug-likeness (QED) is 0.771. The van der Waals surface area contributed by atoms with Gasteiger partial charge >= 0.3 is 0 Å². The van der Waals surface area contributed by atoms with Crippen molar-refractivity contribution in [2.24, 2.45) is 0 Å². The number of nitrogens with one attached hydrogen (secondary N) is 2. The van der Waals surface area contributed by atoms with Gasteiger partial charge in [-0.25, -0.2) is 4.98 Å². The van der Waals surface area contributed by atoms with Crippen LogP contribution in [0.3, 0.4) is 0 Å². The maximum Gasteiger partial charge on any atom is 0.110 e. The summed E-state index contributed by atoms with van der Waals surface area (Å²) < 4.78 is 0. The number of hydrogen-bond acceptors (Lipinski definition) is 2. The highest BCUT2D eigenvalue weighted by Gasteiger charge is 2.23. The molecule has 0 radical (unpaired) electrons. The van der Waals surface area contributed by atoms with Gasteiger partial charge in [-0.1, -0.05) is 18.2 Å². The molecule has 1 fully saturated rings. The van der Waals surface area contributed by atoms with Gasteiger partial charge in [0.1, 0.15) is 5.82 Å². The second kappa shape index (κ2) is 5.85. The average Bonchev–Trinajstić information content (AvgIpc) is 3.19. The average molecular weight is 308 g/mol. The van der Waals surface area contributed by atoms with Gasteiger partial charge in [0.15, 0.2) is 0 Å². The predicted octanol–water partition coefficient (Wildman–Crippen LogP) is 3.89. The standard InChI is InChI=1S/C19H24N4/c1-13-14(2)22-18-15(5-3-7-17(13)18)11-23-10-4-6-16(12-23)19-20-8-9-21-19/h3,5,7-9,16,22H,4,6,10-12H2,1-2H3,(H,20,21). The molecule has 23 heavy (non-hydrogen) atoms. The third-order valence-electron chi connectivity index (χ3n) is 5.24. The zero-order valence-corrected chi connectivity index (χ0v) is 13.9. The van der Waals surface area contributed by atoms with Crippen LogP contribution in [-0.4, -0.2) is 32.9 Å². The van der Waals surface area contributed by atoms with Gasteiger partial charge in [-0.3, -0.25) is 4.90 Å². The molecule has 2 N–H and O–H groups in total. The Morgan fingerprint density at radius 3 is 3.04 bits per heavy atom. The maximum atomic E-state index is 4.46. The van der Waals surface area contributed by atoms with E-state index in [1.807, 2.05) is 12.4 Å². The molecule has 4 rings (SSSR count). The maximum absolute atomic E-state index is 4.46. The molecule has 3 aromatic rings. The third-order valence-corrected chi connectivity index (χ3v) is 5.24. The zero-order valence-electron chi connectivity index (χ0n) is 13.9. The van der Waals surface area contributed by atoms with Crippen LogP contribution in [0.15, 0.2) is 30.6 Å². The first-order chi connectivity index (χ1) is 11.2. The largest absolute Gasteiger partial charge is 0.358 e. The molecule has 0 amide bonds. The number of aromatic nitrogens is 3. The van der Waals surface area contributed by atoms with Crippen LogP contribution in [0.5, 0.6) is 0 Å². The number of benzene rings is 1. The highest BCUT2D eigenvalue weighted by molar-refractivity contribution is 5.87. The highest BCUT2D eigenvalue weighted by atomic mass is 15.1. The fourth-order valence-corrected chi connectivity index (χ4v) is 3.84. The predicted molar refractivity (Wildman–Crippen MR) is 93.6 cm³/mol. The van der Waals surface area contributed by atoms with E-state index in [0.717, 1.165) is 18.9 Å². The van der Waals surface area contributed by atoms with Crippen molar-refractivity contribution in [3.8, 4) is 0 Å². The van der Waals surface area contributed by atoms with E-state index in [1.54, 1.807) is 0 Å². The minimum Gasteiger partial charge on any atom is -0.358 e. The molecule has 2 aromatic heterocycles. The number of nitrogens with zero attached hydrogens (tertiary/aromatic N) is 2. The van der Waals surface area contributed by atoms with Crippen LogP contribution < -0.4 is 0 Å². The van der Waals surface area contributed by atoms with Crippen LogP contribution in [0.1, 0.15) is 41.4 Å². The van der Waals surface area contributed by atoms with Crippen molar-refractivity contribution in [2.75, 3.05) is 13.1 Å². The van der Waals surface area contributed by atoms with Crippen molar-refractivity contribution in [1.29, 1.82) is 0 Å². The summed E-state index contributed by atoms with van der Waals surface area (Å²) >= 11 is 0. The number of imidazole rings is 1. The Bertz CT molecular complexity index is 800. The lowest BCUT2D eigenvalue weighted by molar-refractivity contribution is 0.197. The molecule has 1 atom stereocenters. The summed E-state index contributed by atoms with van der Waals surface area (Å²) in [5.74, 6) is 1.67. The zero-order chi connectivity index (χ0) is 15.8. The molecular formula is C19H24N4. The molecule has 0 bridgehead atoms. The molecule has 1 unspecified atom stereocenters. The Hall–Kier alpha value is -2.07. The van der Waals surface area contributed by atoms with Gasteiger partial charge in [-0.05, 0) is 44.4 Å². The molecule has 4 heteroatoms. The first-order valence-electron chi connectivity index (χ1n) is 8.51. The number of likely N-dealkylation sites (tertiary alicyclic amines) is 1. The molecule has 1 aliphatic heterocycles. The van der Waals surface area contributed by atoms with Crippen molar-refractivity contribution >= 4 is 10.9 Å². The number of hydrogen-bond donors (Lipinski definition) is 2. The van der Waals surface area contributed by atoms with Gasteiger partial charge in [0.2, 0.25) is 0 Å². The summed E-state index contributed by atoms with van der Waals surface area (Å²) in [6, 6.07) is 6.67. The number of para-hydroxylation sites is 1. The molecule has 0 saturated carbocycles. The van der Waals surface area contributed by atoms with Gasteiger partial charge in [0.25, 0.3) is 0 Å². The number of aryl methyl sites for hydroxylation is 2. The number of H-pyrrole nitrogens is 2. The number of aromatic amines is 2. The monoisotopic (exact) mass is 308 g/mol. The van der Waals surface area contributed by atoms with E-state index in [4.69, 9.17) is 0 Å². The van der Waals surface area contributed by atoms with E-state index >= 15 is 0 Å². The lowest BCUT2D eigenvalue weighted by Gasteiger charge is -2.31. The lowest BCUT2D eigenvalue weighted by Crippen LogP contribution is -2.34. The number of rotatable bonds is 3. The number of fused-ring (bicyclic) bond motifs is 1. The molecule has 120 valence electrons. The number of piperidine rings is 1. The first kappa shape index (κ1) is 14.5. The third kappa shape index (κ3) is 2.68. The molecule has 3 heterocycles. The second-order valence-electron chi connectivity index (χ2n) is 6.76. The van der Waals surface area contributed by atoms with Gasteiger partial charge in [-0.2, -0.15) is 0 Å². The Morgan fingerprint density at radius 1 is 1.30 bits per heavy atom. The molecule has 1 saturated heterocycles. The van der Waals surface area contributed by atoms with E-state index in [1.165, 1.54) is 47.1 Å². The Balaban J connectivity index is 1.57. The Morgan fingerprint density at radius 2 is 2.22 bits per heavy atom. The molecular weight excluding hydrogens is 284 g/mol. The van der Waals surface area contributed by atoms with Crippen molar-refractivity contribution in [3.63, 3.8) is 0 Å². The fourth-order valence-electron chi connectivity index (χ4n) is 3.84.